The van der Waals surface area contributed by atoms with Crippen molar-refractivity contribution in [3.05, 3.63) is 41.6 Å². The summed E-state index contributed by atoms with van der Waals surface area (Å²) in [5.41, 5.74) is 9.70. The van der Waals surface area contributed by atoms with Crippen molar-refractivity contribution < 1.29 is 0 Å². The van der Waals surface area contributed by atoms with Crippen LogP contribution >= 0.6 is 0 Å². The average Bonchev–Trinajstić information content (AvgIpc) is 2.93. The third-order valence-corrected chi connectivity index (χ3v) is 3.63. The fourth-order valence-electron chi connectivity index (χ4n) is 2.03. The van der Waals surface area contributed by atoms with Gasteiger partial charge in [-0.15, -0.1) is 0 Å². The first kappa shape index (κ1) is 10.4. The minimum absolute atomic E-state index is 0.268. The van der Waals surface area contributed by atoms with Crippen LogP contribution in [0.5, 0.6) is 0 Å². The molecule has 1 aromatic carbocycles. The van der Waals surface area contributed by atoms with E-state index in [2.05, 4.69) is 43.2 Å². The van der Waals surface area contributed by atoms with Gasteiger partial charge in [0.15, 0.2) is 0 Å². The lowest BCUT2D eigenvalue weighted by atomic mass is 10.1. The van der Waals surface area contributed by atoms with Crippen LogP contribution in [0, 0.1) is 6.92 Å². The van der Waals surface area contributed by atoms with Crippen LogP contribution in [0.2, 0.25) is 0 Å². The molecule has 0 unspecified atom stereocenters. The summed E-state index contributed by atoms with van der Waals surface area (Å²) in [6.45, 7) is 4.32. The number of anilines is 1. The van der Waals surface area contributed by atoms with Crippen molar-refractivity contribution >= 4 is 5.82 Å². The van der Waals surface area contributed by atoms with Gasteiger partial charge in [0.2, 0.25) is 0 Å². The Kier molecular flexibility index (Phi) is 2.05. The van der Waals surface area contributed by atoms with Gasteiger partial charge in [-0.2, -0.15) is 5.10 Å². The molecule has 3 rings (SSSR count). The van der Waals surface area contributed by atoms with E-state index in [1.54, 1.807) is 0 Å². The van der Waals surface area contributed by atoms with Crippen LogP contribution in [0.25, 0.3) is 5.69 Å². The third-order valence-electron chi connectivity index (χ3n) is 3.63. The molecule has 2 N–H and O–H groups in total. The molecule has 0 bridgehead atoms. The summed E-state index contributed by atoms with van der Waals surface area (Å²) in [6, 6.07) is 10.3. The van der Waals surface area contributed by atoms with Crippen LogP contribution in [0.1, 0.15) is 31.0 Å². The van der Waals surface area contributed by atoms with Crippen molar-refractivity contribution in [2.75, 3.05) is 5.73 Å². The molecule has 1 heterocycles. The molecule has 1 aliphatic rings. The second kappa shape index (κ2) is 3.36. The van der Waals surface area contributed by atoms with Crippen molar-refractivity contribution in [1.82, 2.24) is 9.78 Å². The zero-order chi connectivity index (χ0) is 12.0. The number of benzene rings is 1. The van der Waals surface area contributed by atoms with Crippen LogP contribution < -0.4 is 5.73 Å². The molecule has 17 heavy (non-hydrogen) atoms. The van der Waals surface area contributed by atoms with E-state index in [1.807, 2.05) is 10.7 Å². The van der Waals surface area contributed by atoms with Gasteiger partial charge in [0.1, 0.15) is 5.82 Å². The maximum Gasteiger partial charge on any atom is 0.127 e. The van der Waals surface area contributed by atoms with Gasteiger partial charge in [0, 0.05) is 11.5 Å². The minimum atomic E-state index is 0.268. The fraction of sp³-hybridized carbons (Fsp3) is 0.357. The van der Waals surface area contributed by atoms with Gasteiger partial charge in [-0.05, 0) is 31.9 Å². The van der Waals surface area contributed by atoms with Crippen LogP contribution in [0.15, 0.2) is 30.3 Å². The summed E-state index contributed by atoms with van der Waals surface area (Å²) >= 11 is 0. The quantitative estimate of drug-likeness (QED) is 0.857. The van der Waals surface area contributed by atoms with Crippen LogP contribution in [0.3, 0.4) is 0 Å². The Labute approximate surface area is 101 Å². The van der Waals surface area contributed by atoms with Gasteiger partial charge >= 0.3 is 0 Å². The topological polar surface area (TPSA) is 43.8 Å². The highest BCUT2D eigenvalue weighted by molar-refractivity contribution is 5.45. The second-order valence-electron chi connectivity index (χ2n) is 5.26. The largest absolute Gasteiger partial charge is 0.384 e. The summed E-state index contributed by atoms with van der Waals surface area (Å²) in [5.74, 6) is 0.719. The lowest BCUT2D eigenvalue weighted by molar-refractivity contribution is 0.718. The van der Waals surface area contributed by atoms with Crippen LogP contribution in [-0.4, -0.2) is 9.78 Å². The van der Waals surface area contributed by atoms with Crippen molar-refractivity contribution in [3.8, 4) is 5.69 Å². The molecule has 2 aromatic rings. The number of nitrogen functional groups attached to an aromatic ring is 1. The Bertz CT molecular complexity index is 547. The molecule has 3 heteroatoms. The lowest BCUT2D eigenvalue weighted by Gasteiger charge is -2.05. The van der Waals surface area contributed by atoms with Crippen LogP contribution in [-0.2, 0) is 5.41 Å². The maximum atomic E-state index is 6.04. The predicted molar refractivity (Wildman–Crippen MR) is 69.3 cm³/mol. The molecule has 88 valence electrons. The Morgan fingerprint density at radius 3 is 2.47 bits per heavy atom. The highest BCUT2D eigenvalue weighted by atomic mass is 15.3. The summed E-state index contributed by atoms with van der Waals surface area (Å²) in [4.78, 5) is 0. The van der Waals surface area contributed by atoms with E-state index < -0.39 is 0 Å². The number of nitrogens with zero attached hydrogens (tertiary/aromatic N) is 2. The summed E-state index contributed by atoms with van der Waals surface area (Å²) in [7, 11) is 0. The third kappa shape index (κ3) is 1.71. The first-order valence-electron chi connectivity index (χ1n) is 6.02. The van der Waals surface area contributed by atoms with E-state index in [4.69, 9.17) is 5.73 Å². The Hall–Kier alpha value is -1.77. The molecule has 1 aliphatic carbocycles. The molecule has 0 radical (unpaired) electrons. The Morgan fingerprint density at radius 2 is 1.88 bits per heavy atom. The summed E-state index contributed by atoms with van der Waals surface area (Å²) in [6.07, 6.45) is 2.44. The molecular formula is C14H17N3. The second-order valence-corrected chi connectivity index (χ2v) is 5.26. The molecule has 0 aliphatic heterocycles. The lowest BCUT2D eigenvalue weighted by Crippen LogP contribution is -2.04. The van der Waals surface area contributed by atoms with Gasteiger partial charge in [-0.25, -0.2) is 4.68 Å². The van der Waals surface area contributed by atoms with E-state index in [1.165, 1.54) is 18.4 Å². The number of hydrogen-bond donors (Lipinski definition) is 1. The zero-order valence-corrected chi connectivity index (χ0v) is 10.3. The van der Waals surface area contributed by atoms with E-state index in [0.717, 1.165) is 17.2 Å². The molecular weight excluding hydrogens is 210 g/mol. The smallest absolute Gasteiger partial charge is 0.127 e. The molecule has 0 saturated heterocycles. The zero-order valence-electron chi connectivity index (χ0n) is 10.3. The molecule has 3 nitrogen and oxygen atoms in total. The number of hydrogen-bond acceptors (Lipinski definition) is 2. The first-order valence-corrected chi connectivity index (χ1v) is 6.02. The van der Waals surface area contributed by atoms with Crippen LogP contribution in [0.4, 0.5) is 5.82 Å². The van der Waals surface area contributed by atoms with Gasteiger partial charge in [-0.3, -0.25) is 0 Å². The summed E-state index contributed by atoms with van der Waals surface area (Å²) in [5, 5.41) is 4.64. The SMILES string of the molecule is Cc1ccc(-n2nc(C3(C)CC3)cc2N)cc1. The molecule has 0 amide bonds. The Balaban J connectivity index is 2.03. The van der Waals surface area contributed by atoms with Crippen molar-refractivity contribution in [1.29, 1.82) is 0 Å². The molecule has 0 atom stereocenters. The van der Waals surface area contributed by atoms with E-state index in [0.29, 0.717) is 0 Å². The van der Waals surface area contributed by atoms with Crippen molar-refractivity contribution in [2.24, 2.45) is 0 Å². The predicted octanol–water partition coefficient (Wildman–Crippen LogP) is 2.81. The average molecular weight is 227 g/mol. The molecule has 1 aromatic heterocycles. The number of nitrogens with two attached hydrogens (primary N) is 1. The van der Waals surface area contributed by atoms with Crippen molar-refractivity contribution in [2.45, 2.75) is 32.1 Å². The number of aryl methyl sites for hydroxylation is 1. The normalized spacial score (nSPS) is 17.1. The van der Waals surface area contributed by atoms with Crippen molar-refractivity contribution in [3.63, 3.8) is 0 Å². The van der Waals surface area contributed by atoms with E-state index >= 15 is 0 Å². The van der Waals surface area contributed by atoms with Gasteiger partial charge in [-0.1, -0.05) is 24.6 Å². The van der Waals surface area contributed by atoms with Gasteiger partial charge in [0.25, 0.3) is 0 Å². The molecule has 1 saturated carbocycles. The maximum absolute atomic E-state index is 6.04. The van der Waals surface area contributed by atoms with Gasteiger partial charge in [0.05, 0.1) is 11.4 Å². The van der Waals surface area contributed by atoms with E-state index in [-0.39, 0.29) is 5.41 Å². The highest BCUT2D eigenvalue weighted by Gasteiger charge is 2.41. The molecule has 1 fully saturated rings. The number of aromatic nitrogens is 2. The Morgan fingerprint density at radius 1 is 1.24 bits per heavy atom. The van der Waals surface area contributed by atoms with E-state index in [9.17, 15) is 0 Å². The minimum Gasteiger partial charge on any atom is -0.384 e. The van der Waals surface area contributed by atoms with Gasteiger partial charge < -0.3 is 5.73 Å². The fourth-order valence-corrected chi connectivity index (χ4v) is 2.03. The number of rotatable bonds is 2. The molecule has 0 spiro atoms. The summed E-state index contributed by atoms with van der Waals surface area (Å²) < 4.78 is 1.83. The monoisotopic (exact) mass is 227 g/mol. The highest BCUT2D eigenvalue weighted by Crippen LogP contribution is 2.47. The first-order chi connectivity index (χ1) is 8.08. The standard InChI is InChI=1S/C14H17N3/c1-10-3-5-11(6-4-10)17-13(15)9-12(16-17)14(2)7-8-14/h3-6,9H,7-8,15H2,1-2H3.